The topological polar surface area (TPSA) is 72.6 Å². The Bertz CT molecular complexity index is 520. The summed E-state index contributed by atoms with van der Waals surface area (Å²) in [5.41, 5.74) is 4.58. The summed E-state index contributed by atoms with van der Waals surface area (Å²) in [4.78, 5) is 25.3. The second-order valence-electron chi connectivity index (χ2n) is 4.65. The lowest BCUT2D eigenvalue weighted by molar-refractivity contribution is -0.150. The van der Waals surface area contributed by atoms with E-state index in [0.717, 1.165) is 0 Å². The minimum atomic E-state index is -1.14. The quantitative estimate of drug-likeness (QED) is 0.881. The van der Waals surface area contributed by atoms with Crippen molar-refractivity contribution in [3.63, 3.8) is 0 Å². The SMILES string of the molecule is C[C@]1(C(N)=O)CN(C(=O)c2ccccc2Cl)CCO1. The molecule has 1 aromatic carbocycles. The van der Waals surface area contributed by atoms with Gasteiger partial charge in [0.05, 0.1) is 23.7 Å². The molecule has 1 atom stereocenters. The van der Waals surface area contributed by atoms with Crippen LogP contribution in [0.15, 0.2) is 24.3 Å². The second kappa shape index (κ2) is 5.19. The number of primary amides is 1. The maximum atomic E-state index is 12.4. The average molecular weight is 283 g/mol. The molecule has 102 valence electrons. The van der Waals surface area contributed by atoms with E-state index >= 15 is 0 Å². The summed E-state index contributed by atoms with van der Waals surface area (Å²) in [7, 11) is 0. The van der Waals surface area contributed by atoms with E-state index in [1.54, 1.807) is 31.2 Å². The molecular formula is C13H15ClN2O3. The number of amides is 2. The summed E-state index contributed by atoms with van der Waals surface area (Å²) >= 11 is 6.00. The molecular weight excluding hydrogens is 268 g/mol. The Kier molecular flexibility index (Phi) is 3.78. The van der Waals surface area contributed by atoms with E-state index in [1.807, 2.05) is 0 Å². The molecule has 0 radical (unpaired) electrons. The average Bonchev–Trinajstić information content (AvgIpc) is 2.38. The number of ether oxygens (including phenoxy) is 1. The third-order valence-electron chi connectivity index (χ3n) is 3.19. The lowest BCUT2D eigenvalue weighted by Gasteiger charge is -2.38. The summed E-state index contributed by atoms with van der Waals surface area (Å²) in [6.45, 7) is 2.40. The van der Waals surface area contributed by atoms with Gasteiger partial charge in [0.25, 0.3) is 11.8 Å². The minimum Gasteiger partial charge on any atom is -0.367 e. The zero-order valence-corrected chi connectivity index (χ0v) is 11.3. The summed E-state index contributed by atoms with van der Waals surface area (Å²) in [6.07, 6.45) is 0. The standard InChI is InChI=1S/C13H15ClN2O3/c1-13(12(15)18)8-16(6-7-19-13)11(17)9-4-2-3-5-10(9)14/h2-5H,6-8H2,1H3,(H2,15,18)/t13-/m1/s1. The van der Waals surface area contributed by atoms with Gasteiger partial charge in [0, 0.05) is 6.54 Å². The van der Waals surface area contributed by atoms with Crippen molar-refractivity contribution >= 4 is 23.4 Å². The molecule has 0 aliphatic carbocycles. The lowest BCUT2D eigenvalue weighted by atomic mass is 10.0. The largest absolute Gasteiger partial charge is 0.367 e. The van der Waals surface area contributed by atoms with E-state index in [4.69, 9.17) is 22.1 Å². The van der Waals surface area contributed by atoms with Gasteiger partial charge >= 0.3 is 0 Å². The first-order valence-electron chi connectivity index (χ1n) is 5.92. The Hall–Kier alpha value is -1.59. The molecule has 1 aliphatic heterocycles. The van der Waals surface area contributed by atoms with Crippen molar-refractivity contribution in [3.8, 4) is 0 Å². The summed E-state index contributed by atoms with van der Waals surface area (Å²) < 4.78 is 5.37. The van der Waals surface area contributed by atoms with Gasteiger partial charge in [-0.25, -0.2) is 0 Å². The molecule has 0 bridgehead atoms. The molecule has 2 rings (SSSR count). The van der Waals surface area contributed by atoms with Gasteiger partial charge in [-0.3, -0.25) is 9.59 Å². The maximum Gasteiger partial charge on any atom is 0.255 e. The van der Waals surface area contributed by atoms with Crippen LogP contribution in [0.25, 0.3) is 0 Å². The smallest absolute Gasteiger partial charge is 0.255 e. The van der Waals surface area contributed by atoms with Crippen molar-refractivity contribution in [2.75, 3.05) is 19.7 Å². The van der Waals surface area contributed by atoms with Gasteiger partial charge in [-0.05, 0) is 19.1 Å². The highest BCUT2D eigenvalue weighted by atomic mass is 35.5. The lowest BCUT2D eigenvalue weighted by Crippen LogP contribution is -2.58. The summed E-state index contributed by atoms with van der Waals surface area (Å²) in [5.74, 6) is -0.800. The number of halogens is 1. The Morgan fingerprint density at radius 3 is 2.74 bits per heavy atom. The monoisotopic (exact) mass is 282 g/mol. The molecule has 0 unspecified atom stereocenters. The number of carbonyl (C=O) groups excluding carboxylic acids is 2. The van der Waals surface area contributed by atoms with Crippen molar-refractivity contribution < 1.29 is 14.3 Å². The van der Waals surface area contributed by atoms with Crippen molar-refractivity contribution in [1.29, 1.82) is 0 Å². The zero-order valence-electron chi connectivity index (χ0n) is 10.6. The van der Waals surface area contributed by atoms with E-state index in [9.17, 15) is 9.59 Å². The number of nitrogens with zero attached hydrogens (tertiary/aromatic N) is 1. The van der Waals surface area contributed by atoms with E-state index in [2.05, 4.69) is 0 Å². The molecule has 19 heavy (non-hydrogen) atoms. The first kappa shape index (κ1) is 13.8. The molecule has 1 heterocycles. The molecule has 1 fully saturated rings. The van der Waals surface area contributed by atoms with E-state index in [1.165, 1.54) is 4.90 Å². The van der Waals surface area contributed by atoms with Gasteiger partial charge in [0.15, 0.2) is 5.60 Å². The Balaban J connectivity index is 2.21. The minimum absolute atomic E-state index is 0.131. The molecule has 0 spiro atoms. The Morgan fingerprint density at radius 1 is 1.42 bits per heavy atom. The van der Waals surface area contributed by atoms with Gasteiger partial charge in [0.1, 0.15) is 0 Å². The molecule has 5 nitrogen and oxygen atoms in total. The van der Waals surface area contributed by atoms with E-state index in [-0.39, 0.29) is 19.1 Å². The number of hydrogen-bond acceptors (Lipinski definition) is 3. The number of nitrogens with two attached hydrogens (primary N) is 1. The predicted octanol–water partition coefficient (Wildman–Crippen LogP) is 1.06. The molecule has 1 aromatic rings. The van der Waals surface area contributed by atoms with Crippen LogP contribution in [0.1, 0.15) is 17.3 Å². The second-order valence-corrected chi connectivity index (χ2v) is 5.06. The van der Waals surface area contributed by atoms with Crippen molar-refractivity contribution in [2.45, 2.75) is 12.5 Å². The van der Waals surface area contributed by atoms with Gasteiger partial charge in [-0.15, -0.1) is 0 Å². The van der Waals surface area contributed by atoms with Crippen LogP contribution in [0.4, 0.5) is 0 Å². The molecule has 1 saturated heterocycles. The molecule has 2 N–H and O–H groups in total. The number of carbonyl (C=O) groups is 2. The fraction of sp³-hybridized carbons (Fsp3) is 0.385. The number of benzene rings is 1. The third kappa shape index (κ3) is 2.72. The fourth-order valence-electron chi connectivity index (χ4n) is 2.00. The number of hydrogen-bond donors (Lipinski definition) is 1. The van der Waals surface area contributed by atoms with Gasteiger partial charge in [-0.1, -0.05) is 23.7 Å². The molecule has 1 aliphatic rings. The van der Waals surface area contributed by atoms with Crippen LogP contribution in [-0.2, 0) is 9.53 Å². The van der Waals surface area contributed by atoms with Crippen molar-refractivity contribution in [3.05, 3.63) is 34.9 Å². The van der Waals surface area contributed by atoms with Crippen LogP contribution in [0.2, 0.25) is 5.02 Å². The highest BCUT2D eigenvalue weighted by Crippen LogP contribution is 2.22. The highest BCUT2D eigenvalue weighted by Gasteiger charge is 2.39. The zero-order chi connectivity index (χ0) is 14.0. The summed E-state index contributed by atoms with van der Waals surface area (Å²) in [6, 6.07) is 6.81. The Morgan fingerprint density at radius 2 is 2.11 bits per heavy atom. The number of rotatable bonds is 2. The Labute approximate surface area is 116 Å². The van der Waals surface area contributed by atoms with Gasteiger partial charge < -0.3 is 15.4 Å². The van der Waals surface area contributed by atoms with Crippen LogP contribution < -0.4 is 5.73 Å². The first-order chi connectivity index (χ1) is 8.94. The van der Waals surface area contributed by atoms with E-state index < -0.39 is 11.5 Å². The van der Waals surface area contributed by atoms with Crippen LogP contribution in [0.3, 0.4) is 0 Å². The highest BCUT2D eigenvalue weighted by molar-refractivity contribution is 6.33. The maximum absolute atomic E-state index is 12.4. The number of morpholine rings is 1. The van der Waals surface area contributed by atoms with E-state index in [0.29, 0.717) is 17.1 Å². The third-order valence-corrected chi connectivity index (χ3v) is 3.52. The molecule has 0 aromatic heterocycles. The van der Waals surface area contributed by atoms with Gasteiger partial charge in [0.2, 0.25) is 0 Å². The fourth-order valence-corrected chi connectivity index (χ4v) is 2.21. The predicted molar refractivity (Wildman–Crippen MR) is 70.9 cm³/mol. The van der Waals surface area contributed by atoms with Crippen molar-refractivity contribution in [1.82, 2.24) is 4.90 Å². The van der Waals surface area contributed by atoms with Crippen LogP contribution in [0.5, 0.6) is 0 Å². The molecule has 6 heteroatoms. The van der Waals surface area contributed by atoms with Crippen LogP contribution in [-0.4, -0.2) is 42.0 Å². The normalized spacial score (nSPS) is 23.2. The van der Waals surface area contributed by atoms with Crippen LogP contribution >= 0.6 is 11.6 Å². The first-order valence-corrected chi connectivity index (χ1v) is 6.29. The van der Waals surface area contributed by atoms with Crippen LogP contribution in [0, 0.1) is 0 Å². The van der Waals surface area contributed by atoms with Crippen molar-refractivity contribution in [2.24, 2.45) is 5.73 Å². The molecule has 2 amide bonds. The molecule has 0 saturated carbocycles. The van der Waals surface area contributed by atoms with Gasteiger partial charge in [-0.2, -0.15) is 0 Å². The summed E-state index contributed by atoms with van der Waals surface area (Å²) in [5, 5.41) is 0.389.